The highest BCUT2D eigenvalue weighted by Gasteiger charge is 2.26. The SMILES string of the molecule is CCCC(=O)NC[C@@H]1CCCN(C(=O)c2ccccc2OC)C1. The van der Waals surface area contributed by atoms with E-state index in [0.29, 0.717) is 36.7 Å². The van der Waals surface area contributed by atoms with E-state index < -0.39 is 0 Å². The number of methoxy groups -OCH3 is 1. The van der Waals surface area contributed by atoms with Gasteiger partial charge in [0.15, 0.2) is 0 Å². The highest BCUT2D eigenvalue weighted by atomic mass is 16.5. The van der Waals surface area contributed by atoms with E-state index in [1.54, 1.807) is 19.2 Å². The van der Waals surface area contributed by atoms with Crippen molar-refractivity contribution in [3.63, 3.8) is 0 Å². The van der Waals surface area contributed by atoms with Gasteiger partial charge >= 0.3 is 0 Å². The highest BCUT2D eigenvalue weighted by Crippen LogP contribution is 2.23. The molecule has 2 rings (SSSR count). The van der Waals surface area contributed by atoms with E-state index in [0.717, 1.165) is 25.8 Å². The summed E-state index contributed by atoms with van der Waals surface area (Å²) in [6.45, 7) is 4.09. The van der Waals surface area contributed by atoms with Gasteiger partial charge in [0.2, 0.25) is 5.91 Å². The van der Waals surface area contributed by atoms with Crippen molar-refractivity contribution in [2.45, 2.75) is 32.6 Å². The molecule has 0 bridgehead atoms. The molecular weight excluding hydrogens is 292 g/mol. The van der Waals surface area contributed by atoms with E-state index in [2.05, 4.69) is 5.32 Å². The van der Waals surface area contributed by atoms with Crippen LogP contribution in [0.15, 0.2) is 24.3 Å². The Morgan fingerprint density at radius 2 is 2.13 bits per heavy atom. The molecule has 23 heavy (non-hydrogen) atoms. The lowest BCUT2D eigenvalue weighted by atomic mass is 9.97. The average molecular weight is 318 g/mol. The lowest BCUT2D eigenvalue weighted by molar-refractivity contribution is -0.121. The van der Waals surface area contributed by atoms with Crippen molar-refractivity contribution in [3.8, 4) is 5.75 Å². The molecule has 1 aliphatic heterocycles. The van der Waals surface area contributed by atoms with Gasteiger partial charge in [-0.05, 0) is 37.3 Å². The average Bonchev–Trinajstić information content (AvgIpc) is 2.60. The minimum absolute atomic E-state index is 0.00651. The maximum atomic E-state index is 12.7. The molecule has 5 nitrogen and oxygen atoms in total. The fraction of sp³-hybridized carbons (Fsp3) is 0.556. The van der Waals surface area contributed by atoms with Gasteiger partial charge in [0.1, 0.15) is 5.75 Å². The van der Waals surface area contributed by atoms with Gasteiger partial charge < -0.3 is 15.0 Å². The summed E-state index contributed by atoms with van der Waals surface area (Å²) in [4.78, 5) is 26.2. The molecule has 0 unspecified atom stereocenters. The third-order valence-corrected chi connectivity index (χ3v) is 4.21. The van der Waals surface area contributed by atoms with Crippen LogP contribution in [0, 0.1) is 5.92 Å². The molecule has 0 aromatic heterocycles. The number of carbonyl (C=O) groups is 2. The van der Waals surface area contributed by atoms with Gasteiger partial charge in [-0.25, -0.2) is 0 Å². The van der Waals surface area contributed by atoms with Crippen molar-refractivity contribution >= 4 is 11.8 Å². The Morgan fingerprint density at radius 3 is 2.87 bits per heavy atom. The molecular formula is C18H26N2O3. The van der Waals surface area contributed by atoms with Crippen molar-refractivity contribution in [1.82, 2.24) is 10.2 Å². The lowest BCUT2D eigenvalue weighted by Crippen LogP contribution is -2.43. The number of nitrogens with one attached hydrogen (secondary N) is 1. The van der Waals surface area contributed by atoms with Gasteiger partial charge in [-0.2, -0.15) is 0 Å². The number of para-hydroxylation sites is 1. The molecule has 1 saturated heterocycles. The largest absolute Gasteiger partial charge is 0.496 e. The maximum Gasteiger partial charge on any atom is 0.257 e. The maximum absolute atomic E-state index is 12.7. The molecule has 0 spiro atoms. The second-order valence-electron chi connectivity index (χ2n) is 6.01. The number of ether oxygens (including phenoxy) is 1. The van der Waals surface area contributed by atoms with Gasteiger partial charge in [0, 0.05) is 26.1 Å². The second-order valence-corrected chi connectivity index (χ2v) is 6.01. The summed E-state index contributed by atoms with van der Waals surface area (Å²) < 4.78 is 5.29. The minimum atomic E-state index is 0.00651. The second kappa shape index (κ2) is 8.56. The molecule has 1 aromatic carbocycles. The Bertz CT molecular complexity index is 545. The summed E-state index contributed by atoms with van der Waals surface area (Å²) in [5.41, 5.74) is 0.602. The molecule has 1 atom stereocenters. The Hall–Kier alpha value is -2.04. The zero-order chi connectivity index (χ0) is 16.7. The summed E-state index contributed by atoms with van der Waals surface area (Å²) in [5.74, 6) is 1.03. The minimum Gasteiger partial charge on any atom is -0.496 e. The van der Waals surface area contributed by atoms with Crippen molar-refractivity contribution in [1.29, 1.82) is 0 Å². The first-order chi connectivity index (χ1) is 11.2. The van der Waals surface area contributed by atoms with Crippen LogP contribution >= 0.6 is 0 Å². The van der Waals surface area contributed by atoms with Crippen LogP contribution in [-0.2, 0) is 4.79 Å². The van der Waals surface area contributed by atoms with Gasteiger partial charge in [-0.1, -0.05) is 19.1 Å². The predicted molar refractivity (Wildman–Crippen MR) is 89.5 cm³/mol. The molecule has 2 amide bonds. The molecule has 1 N–H and O–H groups in total. The van der Waals surface area contributed by atoms with Crippen LogP contribution in [0.25, 0.3) is 0 Å². The standard InChI is InChI=1S/C18H26N2O3/c1-3-7-17(21)19-12-14-8-6-11-20(13-14)18(22)15-9-4-5-10-16(15)23-2/h4-5,9-10,14H,3,6-8,11-13H2,1-2H3,(H,19,21)/t14-/m0/s1. The molecule has 0 saturated carbocycles. The number of hydrogen-bond donors (Lipinski definition) is 1. The number of amides is 2. The molecule has 1 aromatic rings. The summed E-state index contributed by atoms with van der Waals surface area (Å²) in [7, 11) is 1.58. The van der Waals surface area contributed by atoms with Gasteiger partial charge in [-0.3, -0.25) is 9.59 Å². The van der Waals surface area contributed by atoms with Gasteiger partial charge in [0.25, 0.3) is 5.91 Å². The van der Waals surface area contributed by atoms with Crippen LogP contribution < -0.4 is 10.1 Å². The summed E-state index contributed by atoms with van der Waals surface area (Å²) in [6.07, 6.45) is 3.43. The molecule has 5 heteroatoms. The van der Waals surface area contributed by atoms with Gasteiger partial charge in [-0.15, -0.1) is 0 Å². The first-order valence-corrected chi connectivity index (χ1v) is 8.34. The molecule has 1 aliphatic rings. The van der Waals surface area contributed by atoms with Crippen molar-refractivity contribution in [3.05, 3.63) is 29.8 Å². The first-order valence-electron chi connectivity index (χ1n) is 8.34. The number of nitrogens with zero attached hydrogens (tertiary/aromatic N) is 1. The Labute approximate surface area is 138 Å². The number of carbonyl (C=O) groups excluding carboxylic acids is 2. The number of piperidine rings is 1. The third kappa shape index (κ3) is 4.71. The summed E-state index contributed by atoms with van der Waals surface area (Å²) in [6, 6.07) is 7.31. The topological polar surface area (TPSA) is 58.6 Å². The summed E-state index contributed by atoms with van der Waals surface area (Å²) >= 11 is 0. The molecule has 0 radical (unpaired) electrons. The molecule has 1 fully saturated rings. The van der Waals surface area contributed by atoms with E-state index in [4.69, 9.17) is 4.74 Å². The van der Waals surface area contributed by atoms with E-state index in [-0.39, 0.29) is 11.8 Å². The van der Waals surface area contributed by atoms with E-state index >= 15 is 0 Å². The fourth-order valence-electron chi connectivity index (χ4n) is 2.98. The third-order valence-electron chi connectivity index (χ3n) is 4.21. The van der Waals surface area contributed by atoms with Crippen LogP contribution in [0.1, 0.15) is 43.0 Å². The normalized spacial score (nSPS) is 17.7. The zero-order valence-corrected chi connectivity index (χ0v) is 14.0. The quantitative estimate of drug-likeness (QED) is 0.876. The smallest absolute Gasteiger partial charge is 0.257 e. The number of hydrogen-bond acceptors (Lipinski definition) is 3. The number of rotatable bonds is 6. The van der Waals surface area contributed by atoms with Gasteiger partial charge in [0.05, 0.1) is 12.7 Å². The van der Waals surface area contributed by atoms with Crippen LogP contribution in [0.5, 0.6) is 5.75 Å². The van der Waals surface area contributed by atoms with E-state index in [1.807, 2.05) is 24.0 Å². The number of likely N-dealkylation sites (tertiary alicyclic amines) is 1. The monoisotopic (exact) mass is 318 g/mol. The Kier molecular flexibility index (Phi) is 6.44. The van der Waals surface area contributed by atoms with E-state index in [9.17, 15) is 9.59 Å². The highest BCUT2D eigenvalue weighted by molar-refractivity contribution is 5.97. The molecule has 0 aliphatic carbocycles. The van der Waals surface area contributed by atoms with Crippen molar-refractivity contribution in [2.24, 2.45) is 5.92 Å². The van der Waals surface area contributed by atoms with Crippen LogP contribution in [0.3, 0.4) is 0 Å². The lowest BCUT2D eigenvalue weighted by Gasteiger charge is -2.33. The number of benzene rings is 1. The Morgan fingerprint density at radius 1 is 1.35 bits per heavy atom. The predicted octanol–water partition coefficient (Wildman–Crippen LogP) is 2.46. The van der Waals surface area contributed by atoms with Crippen molar-refractivity contribution in [2.75, 3.05) is 26.7 Å². The zero-order valence-electron chi connectivity index (χ0n) is 14.0. The van der Waals surface area contributed by atoms with Crippen LogP contribution in [0.4, 0.5) is 0 Å². The van der Waals surface area contributed by atoms with E-state index in [1.165, 1.54) is 0 Å². The van der Waals surface area contributed by atoms with Crippen molar-refractivity contribution < 1.29 is 14.3 Å². The first kappa shape index (κ1) is 17.3. The van der Waals surface area contributed by atoms with Crippen LogP contribution in [-0.4, -0.2) is 43.5 Å². The Balaban J connectivity index is 1.95. The molecule has 1 heterocycles. The summed E-state index contributed by atoms with van der Waals surface area (Å²) in [5, 5.41) is 2.97. The molecule has 126 valence electrons. The fourth-order valence-corrected chi connectivity index (χ4v) is 2.98. The van der Waals surface area contributed by atoms with Crippen LogP contribution in [0.2, 0.25) is 0 Å².